The monoisotopic (exact) mass is 242 g/mol. The Morgan fingerprint density at radius 3 is 2.28 bits per heavy atom. The first-order valence-electron chi connectivity index (χ1n) is 6.44. The van der Waals surface area contributed by atoms with Crippen molar-refractivity contribution in [1.82, 2.24) is 10.3 Å². The minimum absolute atomic E-state index is 0.909. The van der Waals surface area contributed by atoms with Crippen LogP contribution in [0.4, 0.5) is 0 Å². The molecule has 0 bridgehead atoms. The van der Waals surface area contributed by atoms with E-state index in [0.717, 1.165) is 6.54 Å². The summed E-state index contributed by atoms with van der Waals surface area (Å²) < 4.78 is 0. The van der Waals surface area contributed by atoms with E-state index in [1.165, 1.54) is 39.2 Å². The molecule has 0 atom stereocenters. The molecular formula is C16H22N2. The zero-order valence-electron chi connectivity index (χ0n) is 11.9. The Hall–Kier alpha value is -1.54. The van der Waals surface area contributed by atoms with E-state index in [1.807, 2.05) is 7.05 Å². The van der Waals surface area contributed by atoms with E-state index >= 15 is 0 Å². The fourth-order valence-electron chi connectivity index (χ4n) is 2.37. The number of benzene rings is 1. The van der Waals surface area contributed by atoms with Gasteiger partial charge in [0.25, 0.3) is 0 Å². The van der Waals surface area contributed by atoms with Crippen molar-refractivity contribution in [2.45, 2.75) is 34.2 Å². The van der Waals surface area contributed by atoms with Crippen molar-refractivity contribution >= 4 is 0 Å². The lowest BCUT2D eigenvalue weighted by Crippen LogP contribution is -2.04. The van der Waals surface area contributed by atoms with Gasteiger partial charge in [0.05, 0.1) is 0 Å². The molecule has 0 amide bonds. The first-order chi connectivity index (χ1) is 8.52. The van der Waals surface area contributed by atoms with Gasteiger partial charge in [0.15, 0.2) is 0 Å². The van der Waals surface area contributed by atoms with Gasteiger partial charge < -0.3 is 10.3 Å². The van der Waals surface area contributed by atoms with Gasteiger partial charge in [0.2, 0.25) is 0 Å². The van der Waals surface area contributed by atoms with Crippen LogP contribution in [0.3, 0.4) is 0 Å². The Labute approximate surface area is 109 Å². The van der Waals surface area contributed by atoms with Crippen molar-refractivity contribution < 1.29 is 0 Å². The zero-order valence-corrected chi connectivity index (χ0v) is 11.9. The van der Waals surface area contributed by atoms with Crippen LogP contribution in [0.15, 0.2) is 18.2 Å². The zero-order chi connectivity index (χ0) is 13.3. The number of nitrogens with one attached hydrogen (secondary N) is 2. The van der Waals surface area contributed by atoms with Crippen LogP contribution in [0, 0.1) is 27.7 Å². The molecule has 1 aromatic carbocycles. The Morgan fingerprint density at radius 1 is 0.944 bits per heavy atom. The summed E-state index contributed by atoms with van der Waals surface area (Å²) in [5, 5.41) is 3.20. The maximum atomic E-state index is 3.49. The molecule has 0 aliphatic rings. The minimum atomic E-state index is 0.909. The Kier molecular flexibility index (Phi) is 3.58. The summed E-state index contributed by atoms with van der Waals surface area (Å²) in [5.74, 6) is 0. The fourth-order valence-corrected chi connectivity index (χ4v) is 2.37. The summed E-state index contributed by atoms with van der Waals surface area (Å²) >= 11 is 0. The Morgan fingerprint density at radius 2 is 1.61 bits per heavy atom. The minimum Gasteiger partial charge on any atom is -0.358 e. The lowest BCUT2D eigenvalue weighted by molar-refractivity contribution is 0.812. The molecule has 0 unspecified atom stereocenters. The van der Waals surface area contributed by atoms with E-state index in [-0.39, 0.29) is 0 Å². The van der Waals surface area contributed by atoms with Gasteiger partial charge in [-0.1, -0.05) is 6.07 Å². The van der Waals surface area contributed by atoms with Crippen molar-refractivity contribution in [3.8, 4) is 11.3 Å². The summed E-state index contributed by atoms with van der Waals surface area (Å²) in [5.41, 5.74) is 9.15. The number of aromatic nitrogens is 1. The number of hydrogen-bond donors (Lipinski definition) is 2. The Bertz CT molecular complexity index is 565. The van der Waals surface area contributed by atoms with Crippen LogP contribution in [0.1, 0.15) is 27.9 Å². The molecule has 1 aromatic heterocycles. The van der Waals surface area contributed by atoms with Gasteiger partial charge in [-0.25, -0.2) is 0 Å². The molecule has 0 aliphatic carbocycles. The lowest BCUT2D eigenvalue weighted by atomic mass is 9.99. The van der Waals surface area contributed by atoms with Crippen LogP contribution < -0.4 is 5.32 Å². The molecule has 0 fully saturated rings. The van der Waals surface area contributed by atoms with Crippen LogP contribution in [-0.2, 0) is 6.54 Å². The molecule has 2 aromatic rings. The van der Waals surface area contributed by atoms with Gasteiger partial charge in [-0.15, -0.1) is 0 Å². The van der Waals surface area contributed by atoms with Crippen molar-refractivity contribution in [2.75, 3.05) is 7.05 Å². The standard InChI is InChI=1S/C16H22N2/c1-10-6-12(3)15(7-11(10)2)16-8-14(9-17-5)13(4)18-16/h6-8,17-18H,9H2,1-5H3. The van der Waals surface area contributed by atoms with Crippen molar-refractivity contribution in [3.05, 3.63) is 46.1 Å². The van der Waals surface area contributed by atoms with Crippen LogP contribution in [0.25, 0.3) is 11.3 Å². The highest BCUT2D eigenvalue weighted by Gasteiger charge is 2.09. The first-order valence-corrected chi connectivity index (χ1v) is 6.44. The molecule has 0 radical (unpaired) electrons. The fraction of sp³-hybridized carbons (Fsp3) is 0.375. The average molecular weight is 242 g/mol. The molecule has 96 valence electrons. The van der Waals surface area contributed by atoms with E-state index in [2.05, 4.69) is 56.2 Å². The van der Waals surface area contributed by atoms with Crippen molar-refractivity contribution in [3.63, 3.8) is 0 Å². The summed E-state index contributed by atoms with van der Waals surface area (Å²) in [6.07, 6.45) is 0. The molecule has 0 saturated heterocycles. The number of aromatic amines is 1. The number of H-pyrrole nitrogens is 1. The summed E-state index contributed by atoms with van der Waals surface area (Å²) in [4.78, 5) is 3.49. The molecule has 0 saturated carbocycles. The number of aryl methyl sites for hydroxylation is 4. The SMILES string of the molecule is CNCc1cc(-c2cc(C)c(C)cc2C)[nH]c1C. The van der Waals surface area contributed by atoms with Crippen LogP contribution >= 0.6 is 0 Å². The van der Waals surface area contributed by atoms with E-state index in [1.54, 1.807) is 0 Å². The largest absolute Gasteiger partial charge is 0.358 e. The van der Waals surface area contributed by atoms with Crippen molar-refractivity contribution in [1.29, 1.82) is 0 Å². The van der Waals surface area contributed by atoms with Crippen LogP contribution in [0.5, 0.6) is 0 Å². The molecule has 0 aliphatic heterocycles. The second kappa shape index (κ2) is 4.99. The molecule has 0 spiro atoms. The highest BCUT2D eigenvalue weighted by molar-refractivity contribution is 5.67. The van der Waals surface area contributed by atoms with E-state index in [4.69, 9.17) is 0 Å². The third-order valence-electron chi connectivity index (χ3n) is 3.62. The Balaban J connectivity index is 2.48. The quantitative estimate of drug-likeness (QED) is 0.845. The molecule has 1 heterocycles. The van der Waals surface area contributed by atoms with E-state index < -0.39 is 0 Å². The molecule has 18 heavy (non-hydrogen) atoms. The van der Waals surface area contributed by atoms with Crippen LogP contribution in [-0.4, -0.2) is 12.0 Å². The summed E-state index contributed by atoms with van der Waals surface area (Å²) in [6, 6.07) is 6.79. The summed E-state index contributed by atoms with van der Waals surface area (Å²) in [7, 11) is 1.98. The van der Waals surface area contributed by atoms with Crippen LogP contribution in [0.2, 0.25) is 0 Å². The smallest absolute Gasteiger partial charge is 0.0462 e. The summed E-state index contributed by atoms with van der Waals surface area (Å²) in [6.45, 7) is 9.55. The highest BCUT2D eigenvalue weighted by atomic mass is 14.8. The molecule has 2 rings (SSSR count). The third kappa shape index (κ3) is 2.34. The maximum absolute atomic E-state index is 3.49. The van der Waals surface area contributed by atoms with Gasteiger partial charge in [0.1, 0.15) is 0 Å². The predicted molar refractivity (Wildman–Crippen MR) is 77.9 cm³/mol. The maximum Gasteiger partial charge on any atom is 0.0462 e. The highest BCUT2D eigenvalue weighted by Crippen LogP contribution is 2.27. The van der Waals surface area contributed by atoms with E-state index in [0.29, 0.717) is 0 Å². The van der Waals surface area contributed by atoms with Crippen molar-refractivity contribution in [2.24, 2.45) is 0 Å². The predicted octanol–water partition coefficient (Wildman–Crippen LogP) is 3.63. The van der Waals surface area contributed by atoms with Gasteiger partial charge >= 0.3 is 0 Å². The number of hydrogen-bond acceptors (Lipinski definition) is 1. The molecule has 2 N–H and O–H groups in total. The molecule has 2 nitrogen and oxygen atoms in total. The first kappa shape index (κ1) is 12.9. The second-order valence-electron chi connectivity index (χ2n) is 5.11. The van der Waals surface area contributed by atoms with E-state index in [9.17, 15) is 0 Å². The van der Waals surface area contributed by atoms with Gasteiger partial charge in [-0.3, -0.25) is 0 Å². The topological polar surface area (TPSA) is 27.8 Å². The molecule has 2 heteroatoms. The number of rotatable bonds is 3. The third-order valence-corrected chi connectivity index (χ3v) is 3.62. The lowest BCUT2D eigenvalue weighted by Gasteiger charge is -2.08. The second-order valence-corrected chi connectivity index (χ2v) is 5.11. The van der Waals surface area contributed by atoms with Gasteiger partial charge in [0, 0.05) is 23.5 Å². The van der Waals surface area contributed by atoms with Gasteiger partial charge in [-0.05, 0) is 69.1 Å². The average Bonchev–Trinajstić information content (AvgIpc) is 2.66. The normalized spacial score (nSPS) is 10.9. The van der Waals surface area contributed by atoms with Gasteiger partial charge in [-0.2, -0.15) is 0 Å². The molecular weight excluding hydrogens is 220 g/mol.